The van der Waals surface area contributed by atoms with E-state index in [4.69, 9.17) is 9.47 Å². The second kappa shape index (κ2) is 8.03. The molecule has 0 saturated carbocycles. The molecule has 0 aliphatic heterocycles. The van der Waals surface area contributed by atoms with Gasteiger partial charge in [0, 0.05) is 11.6 Å². The van der Waals surface area contributed by atoms with Crippen molar-refractivity contribution in [2.45, 2.75) is 13.0 Å². The molecule has 0 saturated heterocycles. The minimum Gasteiger partial charge on any atom is -0.497 e. The third kappa shape index (κ3) is 4.61. The number of hydrogen-bond donors (Lipinski definition) is 1. The van der Waals surface area contributed by atoms with Crippen molar-refractivity contribution >= 4 is 12.0 Å². The van der Waals surface area contributed by atoms with E-state index in [-0.39, 0.29) is 11.9 Å². The average Bonchev–Trinajstić information content (AvgIpc) is 2.60. The molecule has 23 heavy (non-hydrogen) atoms. The minimum absolute atomic E-state index is 0.0550. The summed E-state index contributed by atoms with van der Waals surface area (Å²) in [6.07, 6.45) is 3.21. The minimum atomic E-state index is -0.161. The molecule has 0 bridgehead atoms. The number of amides is 1. The molecule has 0 fully saturated rings. The maximum absolute atomic E-state index is 12.1. The summed E-state index contributed by atoms with van der Waals surface area (Å²) >= 11 is 0. The van der Waals surface area contributed by atoms with E-state index in [1.54, 1.807) is 20.3 Å². The molecule has 0 spiro atoms. The molecule has 0 aliphatic carbocycles. The summed E-state index contributed by atoms with van der Waals surface area (Å²) in [5, 5.41) is 2.93. The molecule has 0 heterocycles. The Labute approximate surface area is 136 Å². The Bertz CT molecular complexity index is 680. The Kier molecular flexibility index (Phi) is 5.80. The van der Waals surface area contributed by atoms with Crippen LogP contribution in [0.4, 0.5) is 0 Å². The van der Waals surface area contributed by atoms with E-state index in [9.17, 15) is 4.79 Å². The van der Waals surface area contributed by atoms with E-state index in [0.717, 1.165) is 11.1 Å². The lowest BCUT2D eigenvalue weighted by Gasteiger charge is -2.12. The number of carbonyl (C=O) groups is 1. The number of ether oxygens (including phenoxy) is 2. The third-order valence-corrected chi connectivity index (χ3v) is 3.51. The lowest BCUT2D eigenvalue weighted by Crippen LogP contribution is -2.24. The highest BCUT2D eigenvalue weighted by molar-refractivity contribution is 5.92. The van der Waals surface area contributed by atoms with E-state index in [1.807, 2.05) is 55.5 Å². The van der Waals surface area contributed by atoms with Crippen LogP contribution in [0.5, 0.6) is 11.5 Å². The number of carbonyl (C=O) groups excluding carboxylic acids is 1. The van der Waals surface area contributed by atoms with Crippen molar-refractivity contribution in [2.24, 2.45) is 0 Å². The number of methoxy groups -OCH3 is 2. The summed E-state index contributed by atoms with van der Waals surface area (Å²) in [5.41, 5.74) is 1.85. The van der Waals surface area contributed by atoms with Gasteiger partial charge in [-0.25, -0.2) is 0 Å². The first-order valence-corrected chi connectivity index (χ1v) is 7.39. The summed E-state index contributed by atoms with van der Waals surface area (Å²) in [4.78, 5) is 12.1. The fourth-order valence-corrected chi connectivity index (χ4v) is 2.22. The van der Waals surface area contributed by atoms with Crippen molar-refractivity contribution < 1.29 is 14.3 Å². The molecule has 2 aromatic carbocycles. The summed E-state index contributed by atoms with van der Waals surface area (Å²) in [5.74, 6) is 1.24. The van der Waals surface area contributed by atoms with Crippen molar-refractivity contribution in [3.8, 4) is 11.5 Å². The Morgan fingerprint density at radius 2 is 1.83 bits per heavy atom. The lowest BCUT2D eigenvalue weighted by molar-refractivity contribution is -0.117. The zero-order valence-electron chi connectivity index (χ0n) is 13.6. The van der Waals surface area contributed by atoms with Crippen LogP contribution in [0, 0.1) is 0 Å². The zero-order valence-corrected chi connectivity index (χ0v) is 13.6. The highest BCUT2D eigenvalue weighted by atomic mass is 16.5. The van der Waals surface area contributed by atoms with E-state index >= 15 is 0 Å². The number of benzene rings is 2. The third-order valence-electron chi connectivity index (χ3n) is 3.51. The van der Waals surface area contributed by atoms with Crippen LogP contribution in [-0.4, -0.2) is 20.1 Å². The topological polar surface area (TPSA) is 47.6 Å². The Balaban J connectivity index is 2.06. The predicted octanol–water partition coefficient (Wildman–Crippen LogP) is 3.59. The summed E-state index contributed by atoms with van der Waals surface area (Å²) in [6.45, 7) is 1.95. The summed E-state index contributed by atoms with van der Waals surface area (Å²) in [7, 11) is 3.19. The Hall–Kier alpha value is -2.75. The number of rotatable bonds is 6. The fourth-order valence-electron chi connectivity index (χ4n) is 2.22. The van der Waals surface area contributed by atoms with Gasteiger partial charge in [-0.05, 0) is 36.8 Å². The molecule has 4 nitrogen and oxygen atoms in total. The maximum atomic E-state index is 12.1. The standard InChI is InChI=1S/C19H21NO3/c1-14(15-7-5-4-6-8-15)20-19(21)12-9-16-13-17(22-2)10-11-18(16)23-3/h4-14H,1-3H3,(H,20,21)/b12-9+. The Morgan fingerprint density at radius 1 is 1.09 bits per heavy atom. The highest BCUT2D eigenvalue weighted by Gasteiger charge is 2.07. The van der Waals surface area contributed by atoms with Gasteiger partial charge >= 0.3 is 0 Å². The van der Waals surface area contributed by atoms with Gasteiger partial charge in [0.15, 0.2) is 0 Å². The lowest BCUT2D eigenvalue weighted by atomic mass is 10.1. The molecular weight excluding hydrogens is 290 g/mol. The Morgan fingerprint density at radius 3 is 2.48 bits per heavy atom. The molecule has 2 aromatic rings. The highest BCUT2D eigenvalue weighted by Crippen LogP contribution is 2.25. The van der Waals surface area contributed by atoms with Gasteiger partial charge in [-0.3, -0.25) is 4.79 Å². The molecule has 0 aromatic heterocycles. The number of hydrogen-bond acceptors (Lipinski definition) is 3. The molecule has 1 atom stereocenters. The van der Waals surface area contributed by atoms with E-state index in [2.05, 4.69) is 5.32 Å². The van der Waals surface area contributed by atoms with Crippen LogP contribution in [0.3, 0.4) is 0 Å². The second-order valence-corrected chi connectivity index (χ2v) is 5.08. The second-order valence-electron chi connectivity index (χ2n) is 5.08. The predicted molar refractivity (Wildman–Crippen MR) is 91.6 cm³/mol. The van der Waals surface area contributed by atoms with Crippen molar-refractivity contribution in [1.82, 2.24) is 5.32 Å². The first-order valence-electron chi connectivity index (χ1n) is 7.39. The van der Waals surface area contributed by atoms with E-state index in [0.29, 0.717) is 11.5 Å². The number of nitrogens with one attached hydrogen (secondary N) is 1. The van der Waals surface area contributed by atoms with Crippen LogP contribution >= 0.6 is 0 Å². The largest absolute Gasteiger partial charge is 0.497 e. The van der Waals surface area contributed by atoms with Crippen LogP contribution in [0.1, 0.15) is 24.1 Å². The monoisotopic (exact) mass is 311 g/mol. The van der Waals surface area contributed by atoms with Crippen molar-refractivity contribution in [3.63, 3.8) is 0 Å². The van der Waals surface area contributed by atoms with Crippen LogP contribution in [0.2, 0.25) is 0 Å². The van der Waals surface area contributed by atoms with Crippen molar-refractivity contribution in [2.75, 3.05) is 14.2 Å². The van der Waals surface area contributed by atoms with Gasteiger partial charge in [-0.2, -0.15) is 0 Å². The molecule has 120 valence electrons. The normalized spacial score (nSPS) is 12.0. The van der Waals surface area contributed by atoms with Gasteiger partial charge in [0.25, 0.3) is 0 Å². The van der Waals surface area contributed by atoms with Crippen LogP contribution in [0.15, 0.2) is 54.6 Å². The quantitative estimate of drug-likeness (QED) is 0.829. The molecule has 2 rings (SSSR count). The maximum Gasteiger partial charge on any atom is 0.244 e. The van der Waals surface area contributed by atoms with Gasteiger partial charge in [0.2, 0.25) is 5.91 Å². The molecule has 4 heteroatoms. The summed E-state index contributed by atoms with van der Waals surface area (Å²) in [6, 6.07) is 15.2. The molecule has 0 radical (unpaired) electrons. The SMILES string of the molecule is COc1ccc(OC)c(/C=C/C(=O)NC(C)c2ccccc2)c1. The summed E-state index contributed by atoms with van der Waals surface area (Å²) < 4.78 is 10.5. The van der Waals surface area contributed by atoms with Crippen molar-refractivity contribution in [3.05, 3.63) is 65.7 Å². The molecule has 0 aliphatic rings. The fraction of sp³-hybridized carbons (Fsp3) is 0.211. The van der Waals surface area contributed by atoms with Gasteiger partial charge in [0.1, 0.15) is 11.5 Å². The van der Waals surface area contributed by atoms with Gasteiger partial charge in [0.05, 0.1) is 20.3 Å². The van der Waals surface area contributed by atoms with Crippen LogP contribution < -0.4 is 14.8 Å². The first kappa shape index (κ1) is 16.6. The van der Waals surface area contributed by atoms with Crippen LogP contribution in [0.25, 0.3) is 6.08 Å². The van der Waals surface area contributed by atoms with Gasteiger partial charge in [-0.1, -0.05) is 30.3 Å². The molecular formula is C19H21NO3. The zero-order chi connectivity index (χ0) is 16.7. The van der Waals surface area contributed by atoms with Gasteiger partial charge < -0.3 is 14.8 Å². The molecule has 1 N–H and O–H groups in total. The van der Waals surface area contributed by atoms with E-state index < -0.39 is 0 Å². The van der Waals surface area contributed by atoms with Crippen LogP contribution in [-0.2, 0) is 4.79 Å². The van der Waals surface area contributed by atoms with E-state index in [1.165, 1.54) is 6.08 Å². The molecule has 1 unspecified atom stereocenters. The van der Waals surface area contributed by atoms with Gasteiger partial charge in [-0.15, -0.1) is 0 Å². The van der Waals surface area contributed by atoms with Crippen molar-refractivity contribution in [1.29, 1.82) is 0 Å². The molecule has 1 amide bonds. The smallest absolute Gasteiger partial charge is 0.244 e. The first-order chi connectivity index (χ1) is 11.1. The average molecular weight is 311 g/mol.